The highest BCUT2D eigenvalue weighted by molar-refractivity contribution is 5.79. The van der Waals surface area contributed by atoms with Crippen molar-refractivity contribution in [3.05, 3.63) is 113 Å². The summed E-state index contributed by atoms with van der Waals surface area (Å²) in [7, 11) is 3.05. The lowest BCUT2D eigenvalue weighted by molar-refractivity contribution is -0.139. The Labute approximate surface area is 326 Å². The minimum Gasteiger partial charge on any atom is -0.496 e. The van der Waals surface area contributed by atoms with Crippen molar-refractivity contribution in [1.82, 2.24) is 16.0 Å². The molecule has 3 amide bonds. The normalized spacial score (nSPS) is 11.2. The number of nitrogens with one attached hydrogen (secondary N) is 3. The molecule has 0 aromatic heterocycles. The monoisotopic (exact) mass is 770 g/mol. The Hall–Kier alpha value is -6.12. The van der Waals surface area contributed by atoms with Crippen LogP contribution in [0.25, 0.3) is 11.1 Å². The summed E-state index contributed by atoms with van der Waals surface area (Å²) in [6.07, 6.45) is -0.444. The van der Waals surface area contributed by atoms with Crippen LogP contribution >= 0.6 is 0 Å². The largest absolute Gasteiger partial charge is 0.496 e. The standard InChI is InChI=1S/C29H33N3O6.C13H17NO4/c1-35-26-15-19(37-14-11-28(33)31-13-12-30)16-27(36-2)24(26)17-32-29(34)38-18-25-22-9-5-3-7-20(22)21-8-4-6-10-23(21)25;1-10-2-4-11(5-3-10)8-14-12(15)9-18-7-6-13(16)17/h3-10,15-16,25H,11-14,17-18,30H2,1-2H3,(H,31,33)(H,32,34);2-5H,6-9H2,1H3,(H,14,15)(H,16,17). The van der Waals surface area contributed by atoms with Gasteiger partial charge in [-0.3, -0.25) is 14.4 Å². The van der Waals surface area contributed by atoms with Gasteiger partial charge < -0.3 is 50.5 Å². The molecule has 0 aliphatic heterocycles. The van der Waals surface area contributed by atoms with E-state index < -0.39 is 12.1 Å². The van der Waals surface area contributed by atoms with E-state index in [-0.39, 0.29) is 63.5 Å². The highest BCUT2D eigenvalue weighted by Gasteiger charge is 2.29. The van der Waals surface area contributed by atoms with Crippen molar-refractivity contribution in [2.24, 2.45) is 5.73 Å². The third kappa shape index (κ3) is 13.0. The van der Waals surface area contributed by atoms with Crippen LogP contribution in [0.5, 0.6) is 17.2 Å². The number of hydrogen-bond donors (Lipinski definition) is 5. The van der Waals surface area contributed by atoms with Crippen LogP contribution in [0.3, 0.4) is 0 Å². The first kappa shape index (κ1) is 42.6. The lowest BCUT2D eigenvalue weighted by atomic mass is 9.98. The summed E-state index contributed by atoms with van der Waals surface area (Å²) < 4.78 is 27.3. The van der Waals surface area contributed by atoms with E-state index in [4.69, 9.17) is 34.5 Å². The molecule has 1 aliphatic rings. The predicted octanol–water partition coefficient (Wildman–Crippen LogP) is 4.69. The van der Waals surface area contributed by atoms with Crippen LogP contribution in [-0.2, 0) is 36.9 Å². The number of aliphatic carboxylic acids is 1. The smallest absolute Gasteiger partial charge is 0.407 e. The molecule has 14 heteroatoms. The second kappa shape index (κ2) is 22.3. The Balaban J connectivity index is 0.000000325. The molecule has 0 fully saturated rings. The van der Waals surface area contributed by atoms with Crippen LogP contribution in [-0.4, -0.2) is 82.7 Å². The number of amides is 3. The van der Waals surface area contributed by atoms with Gasteiger partial charge in [-0.05, 0) is 34.7 Å². The Bertz CT molecular complexity index is 1850. The van der Waals surface area contributed by atoms with Gasteiger partial charge in [0.2, 0.25) is 11.8 Å². The maximum Gasteiger partial charge on any atom is 0.407 e. The van der Waals surface area contributed by atoms with E-state index in [9.17, 15) is 19.2 Å². The average molecular weight is 771 g/mol. The van der Waals surface area contributed by atoms with Gasteiger partial charge in [-0.2, -0.15) is 0 Å². The lowest BCUT2D eigenvalue weighted by Crippen LogP contribution is -2.29. The number of hydrogen-bond acceptors (Lipinski definition) is 10. The highest BCUT2D eigenvalue weighted by atomic mass is 16.5. The molecule has 4 aromatic rings. The van der Waals surface area contributed by atoms with Crippen molar-refractivity contribution in [2.75, 3.05) is 53.7 Å². The fourth-order valence-electron chi connectivity index (χ4n) is 5.87. The molecule has 6 N–H and O–H groups in total. The van der Waals surface area contributed by atoms with Gasteiger partial charge in [0.15, 0.2) is 0 Å². The molecular weight excluding hydrogens is 720 g/mol. The first-order valence-electron chi connectivity index (χ1n) is 18.2. The predicted molar refractivity (Wildman–Crippen MR) is 210 cm³/mol. The summed E-state index contributed by atoms with van der Waals surface area (Å²) in [6.45, 7) is 3.72. The lowest BCUT2D eigenvalue weighted by Gasteiger charge is -2.17. The molecule has 5 rings (SSSR count). The van der Waals surface area contributed by atoms with Gasteiger partial charge in [0, 0.05) is 37.7 Å². The summed E-state index contributed by atoms with van der Waals surface area (Å²) in [5, 5.41) is 16.6. The Morgan fingerprint density at radius 1 is 0.750 bits per heavy atom. The summed E-state index contributed by atoms with van der Waals surface area (Å²) in [6, 6.07) is 27.6. The number of ether oxygens (including phenoxy) is 5. The van der Waals surface area contributed by atoms with Gasteiger partial charge in [0.05, 0.1) is 52.4 Å². The molecular formula is C42H50N4O10. The van der Waals surface area contributed by atoms with Gasteiger partial charge in [0.1, 0.15) is 30.5 Å². The van der Waals surface area contributed by atoms with E-state index in [1.165, 1.54) is 30.9 Å². The second-order valence-electron chi connectivity index (χ2n) is 12.7. The van der Waals surface area contributed by atoms with Crippen LogP contribution < -0.4 is 35.9 Å². The van der Waals surface area contributed by atoms with Gasteiger partial charge in [-0.1, -0.05) is 78.4 Å². The molecule has 0 saturated heterocycles. The molecule has 14 nitrogen and oxygen atoms in total. The first-order valence-corrected chi connectivity index (χ1v) is 18.2. The summed E-state index contributed by atoms with van der Waals surface area (Å²) >= 11 is 0. The molecule has 4 aromatic carbocycles. The number of carbonyl (C=O) groups is 4. The van der Waals surface area contributed by atoms with E-state index >= 15 is 0 Å². The zero-order valence-corrected chi connectivity index (χ0v) is 31.9. The topological polar surface area (TPSA) is 197 Å². The van der Waals surface area contributed by atoms with Crippen LogP contribution in [0, 0.1) is 6.92 Å². The highest BCUT2D eigenvalue weighted by Crippen LogP contribution is 2.44. The van der Waals surface area contributed by atoms with E-state index in [1.54, 1.807) is 12.1 Å². The molecule has 0 heterocycles. The number of aryl methyl sites for hydroxylation is 1. The third-order valence-corrected chi connectivity index (χ3v) is 8.70. The zero-order valence-electron chi connectivity index (χ0n) is 31.9. The third-order valence-electron chi connectivity index (χ3n) is 8.70. The second-order valence-corrected chi connectivity index (χ2v) is 12.7. The number of carboxylic acid groups (broad SMARTS) is 1. The van der Waals surface area contributed by atoms with Gasteiger partial charge in [-0.25, -0.2) is 4.79 Å². The quantitative estimate of drug-likeness (QED) is 0.0830. The summed E-state index contributed by atoms with van der Waals surface area (Å²) in [5.74, 6) is 0.0901. The minimum absolute atomic E-state index is 0.0222. The summed E-state index contributed by atoms with van der Waals surface area (Å²) in [5.41, 5.74) is 12.9. The van der Waals surface area contributed by atoms with Gasteiger partial charge in [-0.15, -0.1) is 0 Å². The van der Waals surface area contributed by atoms with Crippen molar-refractivity contribution in [3.8, 4) is 28.4 Å². The fourth-order valence-corrected chi connectivity index (χ4v) is 5.87. The van der Waals surface area contributed by atoms with Crippen molar-refractivity contribution in [2.45, 2.75) is 38.8 Å². The number of benzene rings is 4. The van der Waals surface area contributed by atoms with Crippen molar-refractivity contribution in [3.63, 3.8) is 0 Å². The maximum absolute atomic E-state index is 12.7. The SMILES string of the molecule is COc1cc(OCCC(=O)NCCN)cc(OC)c1CNC(=O)OCC1c2ccccc2-c2ccccc21.Cc1ccc(CNC(=O)COCCC(=O)O)cc1. The molecule has 0 unspecified atom stereocenters. The molecule has 0 saturated carbocycles. The number of methoxy groups -OCH3 is 2. The number of nitrogens with two attached hydrogens (primary N) is 1. The number of carboxylic acids is 1. The van der Waals surface area contributed by atoms with E-state index in [2.05, 4.69) is 40.2 Å². The van der Waals surface area contributed by atoms with E-state index in [0.717, 1.165) is 16.7 Å². The Kier molecular flexibility index (Phi) is 17.0. The molecule has 1 aliphatic carbocycles. The van der Waals surface area contributed by atoms with Crippen molar-refractivity contribution < 1.29 is 48.0 Å². The van der Waals surface area contributed by atoms with E-state index in [0.29, 0.717) is 42.4 Å². The number of rotatable bonds is 19. The molecule has 0 spiro atoms. The molecule has 0 bridgehead atoms. The first-order chi connectivity index (χ1) is 27.1. The molecule has 298 valence electrons. The summed E-state index contributed by atoms with van der Waals surface area (Å²) in [4.78, 5) is 46.0. The molecule has 0 radical (unpaired) electrons. The Morgan fingerprint density at radius 3 is 1.96 bits per heavy atom. The molecule has 56 heavy (non-hydrogen) atoms. The molecule has 0 atom stereocenters. The van der Waals surface area contributed by atoms with Crippen molar-refractivity contribution >= 4 is 23.9 Å². The number of carbonyl (C=O) groups excluding carboxylic acids is 3. The van der Waals surface area contributed by atoms with Crippen LogP contribution in [0.1, 0.15) is 46.6 Å². The van der Waals surface area contributed by atoms with Gasteiger partial charge in [0.25, 0.3) is 0 Å². The Morgan fingerprint density at radius 2 is 1.38 bits per heavy atom. The number of alkyl carbamates (subject to hydrolysis) is 1. The van der Waals surface area contributed by atoms with Crippen LogP contribution in [0.15, 0.2) is 84.9 Å². The van der Waals surface area contributed by atoms with E-state index in [1.807, 2.05) is 55.5 Å². The zero-order chi connectivity index (χ0) is 40.3. The number of fused-ring (bicyclic) bond motifs is 3. The van der Waals surface area contributed by atoms with Crippen LogP contribution in [0.4, 0.5) is 4.79 Å². The van der Waals surface area contributed by atoms with Crippen LogP contribution in [0.2, 0.25) is 0 Å². The maximum atomic E-state index is 12.7. The van der Waals surface area contributed by atoms with Gasteiger partial charge >= 0.3 is 12.1 Å². The van der Waals surface area contributed by atoms with Crippen molar-refractivity contribution in [1.29, 1.82) is 0 Å². The average Bonchev–Trinajstić information content (AvgIpc) is 3.53. The minimum atomic E-state index is -0.935. The fraction of sp³-hybridized carbons (Fsp3) is 0.333.